The van der Waals surface area contributed by atoms with Gasteiger partial charge in [0.15, 0.2) is 6.10 Å². The van der Waals surface area contributed by atoms with Gasteiger partial charge in [0, 0.05) is 18.1 Å². The number of esters is 1. The fraction of sp³-hybridized carbons (Fsp3) is 0.391. The van der Waals surface area contributed by atoms with Crippen molar-refractivity contribution in [2.75, 3.05) is 5.32 Å². The van der Waals surface area contributed by atoms with E-state index >= 15 is 0 Å². The molecule has 1 amide bonds. The normalized spacial score (nSPS) is 14.3. The molecule has 1 aromatic carbocycles. The number of carbonyl (C=O) groups is 2. The Morgan fingerprint density at radius 1 is 1.17 bits per heavy atom. The van der Waals surface area contributed by atoms with E-state index in [1.807, 2.05) is 45.2 Å². The third-order valence-electron chi connectivity index (χ3n) is 5.78. The van der Waals surface area contributed by atoms with Crippen molar-refractivity contribution in [2.45, 2.75) is 52.6 Å². The molecule has 0 unspecified atom stereocenters. The van der Waals surface area contributed by atoms with Gasteiger partial charge in [0.25, 0.3) is 5.91 Å². The molecule has 1 aliphatic rings. The Hall–Kier alpha value is -3.22. The summed E-state index contributed by atoms with van der Waals surface area (Å²) in [6.07, 6.45) is 2.79. The van der Waals surface area contributed by atoms with Crippen LogP contribution in [0.3, 0.4) is 0 Å². The van der Waals surface area contributed by atoms with Gasteiger partial charge in [0.1, 0.15) is 0 Å². The molecule has 0 bridgehead atoms. The summed E-state index contributed by atoms with van der Waals surface area (Å²) in [4.78, 5) is 30.7. The number of nitrogens with one attached hydrogen (secondary N) is 1. The molecule has 0 radical (unpaired) electrons. The second kappa shape index (κ2) is 7.89. The predicted octanol–water partition coefficient (Wildman–Crippen LogP) is 3.65. The second-order valence-electron chi connectivity index (χ2n) is 7.84. The van der Waals surface area contributed by atoms with Crippen LogP contribution in [0.5, 0.6) is 0 Å². The van der Waals surface area contributed by atoms with E-state index in [4.69, 9.17) is 9.72 Å². The van der Waals surface area contributed by atoms with Crippen LogP contribution in [0.2, 0.25) is 0 Å². The summed E-state index contributed by atoms with van der Waals surface area (Å²) in [5.41, 5.74) is 5.46. The lowest BCUT2D eigenvalue weighted by Gasteiger charge is -2.21. The molecule has 0 saturated carbocycles. The number of anilines is 1. The van der Waals surface area contributed by atoms with Crippen molar-refractivity contribution in [3.05, 3.63) is 52.5 Å². The number of carbonyl (C=O) groups excluding carboxylic acids is 2. The SMILES string of the molecule is Cc1nn(C)c(C)c1NC(=O)[C@@H](C)OC(=O)c1c2c(nc3ccccc13)CCCC2. The molecular weight excluding hydrogens is 380 g/mol. The zero-order valence-electron chi connectivity index (χ0n) is 17.8. The molecule has 156 valence electrons. The molecule has 0 saturated heterocycles. The number of ether oxygens (including phenoxy) is 1. The van der Waals surface area contributed by atoms with E-state index in [-0.39, 0.29) is 5.91 Å². The summed E-state index contributed by atoms with van der Waals surface area (Å²) >= 11 is 0. The van der Waals surface area contributed by atoms with Crippen LogP contribution < -0.4 is 5.32 Å². The van der Waals surface area contributed by atoms with E-state index in [0.29, 0.717) is 11.3 Å². The Balaban J connectivity index is 1.61. The Morgan fingerprint density at radius 3 is 2.63 bits per heavy atom. The van der Waals surface area contributed by atoms with Gasteiger partial charge < -0.3 is 10.1 Å². The first-order valence-electron chi connectivity index (χ1n) is 10.3. The van der Waals surface area contributed by atoms with E-state index < -0.39 is 12.1 Å². The Bertz CT molecular complexity index is 1150. The fourth-order valence-corrected chi connectivity index (χ4v) is 4.06. The Kier molecular flexibility index (Phi) is 5.28. The van der Waals surface area contributed by atoms with Gasteiger partial charge in [0.2, 0.25) is 0 Å². The number of fused-ring (bicyclic) bond motifs is 2. The van der Waals surface area contributed by atoms with Crippen molar-refractivity contribution < 1.29 is 14.3 Å². The Labute approximate surface area is 175 Å². The van der Waals surface area contributed by atoms with Crippen LogP contribution in [-0.2, 0) is 29.4 Å². The Morgan fingerprint density at radius 2 is 1.90 bits per heavy atom. The topological polar surface area (TPSA) is 86.1 Å². The van der Waals surface area contributed by atoms with E-state index in [0.717, 1.165) is 59.2 Å². The minimum Gasteiger partial charge on any atom is -0.449 e. The number of rotatable bonds is 4. The molecule has 7 nitrogen and oxygen atoms in total. The summed E-state index contributed by atoms with van der Waals surface area (Å²) in [5.74, 6) is -0.858. The van der Waals surface area contributed by atoms with Crippen LogP contribution in [0.1, 0.15) is 52.8 Å². The van der Waals surface area contributed by atoms with Crippen molar-refractivity contribution in [2.24, 2.45) is 7.05 Å². The maximum Gasteiger partial charge on any atom is 0.339 e. The third kappa shape index (κ3) is 3.56. The predicted molar refractivity (Wildman–Crippen MR) is 115 cm³/mol. The van der Waals surface area contributed by atoms with Gasteiger partial charge in [-0.05, 0) is 58.1 Å². The number of hydrogen-bond acceptors (Lipinski definition) is 5. The summed E-state index contributed by atoms with van der Waals surface area (Å²) in [6, 6.07) is 7.60. The van der Waals surface area contributed by atoms with Crippen LogP contribution in [0.25, 0.3) is 10.9 Å². The molecule has 30 heavy (non-hydrogen) atoms. The fourth-order valence-electron chi connectivity index (χ4n) is 4.06. The lowest BCUT2D eigenvalue weighted by atomic mass is 9.90. The maximum absolute atomic E-state index is 13.2. The molecule has 1 N–H and O–H groups in total. The van der Waals surface area contributed by atoms with E-state index in [2.05, 4.69) is 10.4 Å². The molecular formula is C23H26N4O3. The summed E-state index contributed by atoms with van der Waals surface area (Å²) in [5, 5.41) is 7.92. The monoisotopic (exact) mass is 406 g/mol. The number of aryl methyl sites for hydroxylation is 3. The maximum atomic E-state index is 13.2. The van der Waals surface area contributed by atoms with Crippen LogP contribution in [0.4, 0.5) is 5.69 Å². The highest BCUT2D eigenvalue weighted by Gasteiger charge is 2.27. The molecule has 2 heterocycles. The number of amides is 1. The van der Waals surface area contributed by atoms with Crippen molar-refractivity contribution in [1.29, 1.82) is 0 Å². The van der Waals surface area contributed by atoms with Crippen molar-refractivity contribution in [3.63, 3.8) is 0 Å². The van der Waals surface area contributed by atoms with Gasteiger partial charge in [-0.1, -0.05) is 18.2 Å². The molecule has 0 fully saturated rings. The first kappa shape index (κ1) is 20.1. The number of aromatic nitrogens is 3. The lowest BCUT2D eigenvalue weighted by molar-refractivity contribution is -0.123. The van der Waals surface area contributed by atoms with Crippen LogP contribution in [0.15, 0.2) is 24.3 Å². The van der Waals surface area contributed by atoms with Gasteiger partial charge in [-0.3, -0.25) is 14.5 Å². The second-order valence-corrected chi connectivity index (χ2v) is 7.84. The first-order chi connectivity index (χ1) is 14.4. The largest absolute Gasteiger partial charge is 0.449 e. The quantitative estimate of drug-likeness (QED) is 0.669. The molecule has 3 aromatic rings. The minimum atomic E-state index is -0.942. The molecule has 0 aliphatic heterocycles. The van der Waals surface area contributed by atoms with E-state index in [1.54, 1.807) is 11.6 Å². The van der Waals surface area contributed by atoms with E-state index in [1.165, 1.54) is 0 Å². The molecule has 0 spiro atoms. The molecule has 1 atom stereocenters. The molecule has 1 aliphatic carbocycles. The zero-order valence-corrected chi connectivity index (χ0v) is 17.8. The average molecular weight is 406 g/mol. The lowest BCUT2D eigenvalue weighted by Crippen LogP contribution is -2.31. The molecule has 4 rings (SSSR count). The number of hydrogen-bond donors (Lipinski definition) is 1. The highest BCUT2D eigenvalue weighted by Crippen LogP contribution is 2.30. The molecule has 7 heteroatoms. The zero-order chi connectivity index (χ0) is 21.4. The molecule has 2 aromatic heterocycles. The van der Waals surface area contributed by atoms with Crippen LogP contribution in [0, 0.1) is 13.8 Å². The first-order valence-corrected chi connectivity index (χ1v) is 10.3. The number of para-hydroxylation sites is 1. The highest BCUT2D eigenvalue weighted by molar-refractivity contribution is 6.06. The van der Waals surface area contributed by atoms with Crippen LogP contribution in [-0.4, -0.2) is 32.7 Å². The van der Waals surface area contributed by atoms with Gasteiger partial charge in [-0.25, -0.2) is 4.79 Å². The van der Waals surface area contributed by atoms with Crippen molar-refractivity contribution in [3.8, 4) is 0 Å². The van der Waals surface area contributed by atoms with Crippen LogP contribution >= 0.6 is 0 Å². The standard InChI is InChI=1S/C23H26N4O3/c1-13-21(14(2)27(4)26-13)25-22(28)15(3)30-23(29)20-16-9-5-7-11-18(16)24-19-12-8-6-10-17(19)20/h5,7,9,11,15H,6,8,10,12H2,1-4H3,(H,25,28)/t15-/m1/s1. The highest BCUT2D eigenvalue weighted by atomic mass is 16.5. The number of pyridine rings is 1. The van der Waals surface area contributed by atoms with Gasteiger partial charge in [0.05, 0.1) is 28.2 Å². The summed E-state index contributed by atoms with van der Waals surface area (Å²) < 4.78 is 7.33. The smallest absolute Gasteiger partial charge is 0.339 e. The van der Waals surface area contributed by atoms with Gasteiger partial charge in [-0.2, -0.15) is 5.10 Å². The van der Waals surface area contributed by atoms with Gasteiger partial charge >= 0.3 is 5.97 Å². The summed E-state index contributed by atoms with van der Waals surface area (Å²) in [7, 11) is 1.82. The number of benzene rings is 1. The van der Waals surface area contributed by atoms with Gasteiger partial charge in [-0.15, -0.1) is 0 Å². The number of nitrogens with zero attached hydrogens (tertiary/aromatic N) is 3. The van der Waals surface area contributed by atoms with E-state index in [9.17, 15) is 9.59 Å². The summed E-state index contributed by atoms with van der Waals surface area (Å²) in [6.45, 7) is 5.29. The average Bonchev–Trinajstić information content (AvgIpc) is 2.97. The van der Waals surface area contributed by atoms with Crippen molar-refractivity contribution >= 4 is 28.5 Å². The minimum absolute atomic E-state index is 0.380. The van der Waals surface area contributed by atoms with Crippen molar-refractivity contribution in [1.82, 2.24) is 14.8 Å². The third-order valence-corrected chi connectivity index (χ3v) is 5.78.